The maximum atomic E-state index is 12.1. The van der Waals surface area contributed by atoms with Crippen molar-refractivity contribution in [1.82, 2.24) is 14.1 Å². The highest BCUT2D eigenvalue weighted by Gasteiger charge is 2.45. The quantitative estimate of drug-likeness (QED) is 0.381. The van der Waals surface area contributed by atoms with E-state index in [1.165, 1.54) is 0 Å². The Hall–Kier alpha value is -2.00. The monoisotopic (exact) mass is 486 g/mol. The summed E-state index contributed by atoms with van der Waals surface area (Å²) in [6.45, 7) is 2.92. The fraction of sp³-hybridized carbons (Fsp3) is 0.526. The molecule has 1 amide bonds. The third-order valence-corrected chi connectivity index (χ3v) is 6.92. The smallest absolute Gasteiger partial charge is 0.362 e. The van der Waals surface area contributed by atoms with Crippen molar-refractivity contribution in [2.75, 3.05) is 6.61 Å². The number of aliphatic hydroxyl groups is 2. The van der Waals surface area contributed by atoms with E-state index in [0.717, 1.165) is 17.1 Å². The van der Waals surface area contributed by atoms with Gasteiger partial charge in [-0.1, -0.05) is 50.6 Å². The van der Waals surface area contributed by atoms with Gasteiger partial charge in [0.25, 0.3) is 5.91 Å². The molecule has 1 aliphatic heterocycles. The first kappa shape index (κ1) is 24.6. The van der Waals surface area contributed by atoms with Crippen LogP contribution in [0.4, 0.5) is 0 Å². The number of ether oxygens (including phenoxy) is 1. The Morgan fingerprint density at radius 2 is 2.00 bits per heavy atom. The molecule has 0 aliphatic carbocycles. The molecule has 11 nitrogen and oxygen atoms in total. The van der Waals surface area contributed by atoms with E-state index in [4.69, 9.17) is 14.7 Å². The van der Waals surface area contributed by atoms with Gasteiger partial charge in [0.2, 0.25) is 0 Å². The maximum absolute atomic E-state index is 12.1. The summed E-state index contributed by atoms with van der Waals surface area (Å²) in [5.74, 6) is -0.681. The van der Waals surface area contributed by atoms with Crippen LogP contribution in [0, 0.1) is 5.92 Å². The number of hydrogen-bond acceptors (Lipinski definition) is 11. The number of aromatic nitrogens is 2. The fourth-order valence-corrected chi connectivity index (χ4v) is 4.54. The average molecular weight is 487 g/mol. The zero-order valence-electron chi connectivity index (χ0n) is 17.5. The second-order valence-electron chi connectivity index (χ2n) is 7.51. The summed E-state index contributed by atoms with van der Waals surface area (Å²) in [6.07, 6.45) is -4.39. The lowest BCUT2D eigenvalue weighted by Crippen LogP contribution is -2.47. The standard InChI is InChI=1S/C19H26N4O7S2/c1-3-10(2)13(20)18(26)23-32(27,28)29-9-12-14(24)15(25)16(30-12)19-21-17(22-31-19)11-7-5-4-6-8-11/h4-8,10,12-16,24-25H,3,9,20H2,1-2H3,(H,23,26)/t10-,12+,13-,14+,15+,16+/m0/s1. The number of rotatable bonds is 9. The van der Waals surface area contributed by atoms with Crippen LogP contribution in [0.15, 0.2) is 30.3 Å². The summed E-state index contributed by atoms with van der Waals surface area (Å²) >= 11 is 1.00. The van der Waals surface area contributed by atoms with E-state index in [0.29, 0.717) is 17.3 Å². The summed E-state index contributed by atoms with van der Waals surface area (Å²) < 4.78 is 40.5. The van der Waals surface area contributed by atoms with Gasteiger partial charge in [0.15, 0.2) is 5.82 Å². The molecular weight excluding hydrogens is 460 g/mol. The number of carbonyl (C=O) groups is 1. The molecule has 1 aliphatic rings. The van der Waals surface area contributed by atoms with Gasteiger partial charge in [-0.25, -0.2) is 9.71 Å². The number of carbonyl (C=O) groups excluding carboxylic acids is 1. The van der Waals surface area contributed by atoms with Crippen molar-refractivity contribution in [1.29, 1.82) is 0 Å². The minimum absolute atomic E-state index is 0.228. The molecule has 2 heterocycles. The second-order valence-corrected chi connectivity index (χ2v) is 9.65. The van der Waals surface area contributed by atoms with Crippen molar-refractivity contribution < 1.29 is 32.3 Å². The number of hydrogen-bond donors (Lipinski definition) is 4. The van der Waals surface area contributed by atoms with Crippen LogP contribution in [0.2, 0.25) is 0 Å². The third-order valence-electron chi connectivity index (χ3n) is 5.25. The van der Waals surface area contributed by atoms with Gasteiger partial charge in [-0.05, 0) is 17.5 Å². The molecule has 1 aromatic heterocycles. The molecule has 0 radical (unpaired) electrons. The number of nitrogens with zero attached hydrogens (tertiary/aromatic N) is 2. The summed E-state index contributed by atoms with van der Waals surface area (Å²) in [4.78, 5) is 16.4. The average Bonchev–Trinajstić information content (AvgIpc) is 3.37. The van der Waals surface area contributed by atoms with Crippen molar-refractivity contribution in [3.8, 4) is 11.4 Å². The first-order valence-electron chi connectivity index (χ1n) is 10.00. The molecule has 5 N–H and O–H groups in total. The van der Waals surface area contributed by atoms with Gasteiger partial charge in [0.1, 0.15) is 29.4 Å². The first-order chi connectivity index (χ1) is 15.1. The maximum Gasteiger partial charge on any atom is 0.362 e. The van der Waals surface area contributed by atoms with E-state index >= 15 is 0 Å². The van der Waals surface area contributed by atoms with Gasteiger partial charge in [-0.3, -0.25) is 8.98 Å². The van der Waals surface area contributed by atoms with Crippen molar-refractivity contribution in [3.63, 3.8) is 0 Å². The number of amides is 1. The highest BCUT2D eigenvalue weighted by molar-refractivity contribution is 7.85. The molecule has 32 heavy (non-hydrogen) atoms. The Kier molecular flexibility index (Phi) is 7.92. The van der Waals surface area contributed by atoms with Crippen LogP contribution in [0.5, 0.6) is 0 Å². The van der Waals surface area contributed by atoms with Crippen LogP contribution in [0.25, 0.3) is 11.4 Å². The predicted octanol–water partition coefficient (Wildman–Crippen LogP) is 0.118. The van der Waals surface area contributed by atoms with Crippen LogP contribution < -0.4 is 10.5 Å². The van der Waals surface area contributed by atoms with E-state index in [2.05, 4.69) is 9.36 Å². The normalized spacial score (nSPS) is 25.4. The molecule has 1 fully saturated rings. The summed E-state index contributed by atoms with van der Waals surface area (Å²) in [6, 6.07) is 8.17. The molecule has 6 atom stereocenters. The zero-order valence-corrected chi connectivity index (χ0v) is 19.1. The number of benzene rings is 1. The second kappa shape index (κ2) is 10.3. The van der Waals surface area contributed by atoms with E-state index in [1.54, 1.807) is 11.6 Å². The SMILES string of the molecule is CC[C@H](C)[C@H](N)C(=O)NS(=O)(=O)OC[C@H]1O[C@@H](c2nc(-c3ccccc3)ns2)[C@H](O)[C@@H]1O. The van der Waals surface area contributed by atoms with Crippen molar-refractivity contribution in [3.05, 3.63) is 35.3 Å². The van der Waals surface area contributed by atoms with Crippen LogP contribution in [-0.2, 0) is 24.0 Å². The molecule has 176 valence electrons. The van der Waals surface area contributed by atoms with Crippen LogP contribution >= 0.6 is 11.5 Å². The highest BCUT2D eigenvalue weighted by atomic mass is 32.2. The minimum atomic E-state index is -4.49. The Balaban J connectivity index is 1.61. The van der Waals surface area contributed by atoms with Gasteiger partial charge in [0, 0.05) is 5.56 Å². The molecule has 1 aromatic carbocycles. The predicted molar refractivity (Wildman–Crippen MR) is 115 cm³/mol. The lowest BCUT2D eigenvalue weighted by molar-refractivity contribution is -0.121. The van der Waals surface area contributed by atoms with Crippen LogP contribution in [0.3, 0.4) is 0 Å². The molecule has 0 spiro atoms. The molecule has 1 saturated heterocycles. The van der Waals surface area contributed by atoms with E-state index in [1.807, 2.05) is 37.3 Å². The van der Waals surface area contributed by atoms with Gasteiger partial charge in [0.05, 0.1) is 12.6 Å². The largest absolute Gasteiger partial charge is 0.387 e. The fourth-order valence-electron chi connectivity index (χ4n) is 3.04. The van der Waals surface area contributed by atoms with Crippen molar-refractivity contribution in [2.24, 2.45) is 11.7 Å². The molecule has 0 unspecified atom stereocenters. The Labute approximate surface area is 190 Å². The van der Waals surface area contributed by atoms with Crippen molar-refractivity contribution in [2.45, 2.75) is 50.7 Å². The van der Waals surface area contributed by atoms with Gasteiger partial charge >= 0.3 is 10.3 Å². The Morgan fingerprint density at radius 3 is 2.66 bits per heavy atom. The summed E-state index contributed by atoms with van der Waals surface area (Å²) in [5, 5.41) is 21.0. The minimum Gasteiger partial charge on any atom is -0.387 e. The van der Waals surface area contributed by atoms with E-state index in [9.17, 15) is 23.4 Å². The third kappa shape index (κ3) is 5.67. The zero-order chi connectivity index (χ0) is 23.5. The van der Waals surface area contributed by atoms with E-state index in [-0.39, 0.29) is 5.92 Å². The van der Waals surface area contributed by atoms with Crippen LogP contribution in [-0.4, -0.2) is 64.9 Å². The van der Waals surface area contributed by atoms with Crippen LogP contribution in [0.1, 0.15) is 31.4 Å². The Bertz CT molecular complexity index is 1020. The number of nitrogens with two attached hydrogens (primary N) is 1. The molecular formula is C19H26N4O7S2. The molecule has 13 heteroatoms. The topological polar surface area (TPSA) is 174 Å². The Morgan fingerprint density at radius 1 is 1.31 bits per heavy atom. The molecule has 3 rings (SSSR count). The first-order valence-corrected chi connectivity index (χ1v) is 12.2. The van der Waals surface area contributed by atoms with Gasteiger partial charge in [-0.2, -0.15) is 12.8 Å². The summed E-state index contributed by atoms with van der Waals surface area (Å²) in [5.41, 5.74) is 6.50. The van der Waals surface area contributed by atoms with Crippen molar-refractivity contribution >= 4 is 27.7 Å². The number of nitrogens with one attached hydrogen (secondary N) is 1. The van der Waals surface area contributed by atoms with E-state index < -0.39 is 53.3 Å². The summed E-state index contributed by atoms with van der Waals surface area (Å²) in [7, 11) is -4.49. The number of aliphatic hydroxyl groups excluding tert-OH is 2. The lowest BCUT2D eigenvalue weighted by atomic mass is 10.00. The molecule has 0 saturated carbocycles. The highest BCUT2D eigenvalue weighted by Crippen LogP contribution is 2.35. The molecule has 2 aromatic rings. The lowest BCUT2D eigenvalue weighted by Gasteiger charge is -2.18. The molecule has 0 bridgehead atoms. The van der Waals surface area contributed by atoms with Gasteiger partial charge in [-0.15, -0.1) is 0 Å². The van der Waals surface area contributed by atoms with Gasteiger partial charge < -0.3 is 20.7 Å².